The van der Waals surface area contributed by atoms with Crippen LogP contribution >= 0.6 is 0 Å². The quantitative estimate of drug-likeness (QED) is 0.477. The fourth-order valence-corrected chi connectivity index (χ4v) is 0.313. The zero-order chi connectivity index (χ0) is 9.11. The summed E-state index contributed by atoms with van der Waals surface area (Å²) in [7, 11) is 1.69. The van der Waals surface area contributed by atoms with Crippen LogP contribution in [0, 0.1) is 0 Å². The zero-order valence-electron chi connectivity index (χ0n) is 7.59. The van der Waals surface area contributed by atoms with Crippen LogP contribution in [0.2, 0.25) is 0 Å². The van der Waals surface area contributed by atoms with Crippen LogP contribution in [0.25, 0.3) is 0 Å². The first-order valence-corrected chi connectivity index (χ1v) is 3.52. The number of hydroxylamine groups is 1. The number of rotatable bonds is 3. The fourth-order valence-electron chi connectivity index (χ4n) is 0.313. The van der Waals surface area contributed by atoms with Gasteiger partial charge in [-0.2, -0.15) is 10.8 Å². The SMILES string of the molecule is CC.CN=C/C=C(\C)NON. The number of nitrogens with zero attached hydrogens (tertiary/aromatic N) is 1. The van der Waals surface area contributed by atoms with E-state index in [-0.39, 0.29) is 0 Å². The van der Waals surface area contributed by atoms with Crippen LogP contribution in [0.15, 0.2) is 16.8 Å². The Balaban J connectivity index is 0. The summed E-state index contributed by atoms with van der Waals surface area (Å²) >= 11 is 0. The second-order valence-electron chi connectivity index (χ2n) is 1.48. The first-order valence-electron chi connectivity index (χ1n) is 3.52. The second kappa shape index (κ2) is 11.9. The molecule has 0 amide bonds. The van der Waals surface area contributed by atoms with Gasteiger partial charge in [0.25, 0.3) is 0 Å². The molecule has 0 rings (SSSR count). The van der Waals surface area contributed by atoms with Crippen LogP contribution in [-0.4, -0.2) is 13.3 Å². The van der Waals surface area contributed by atoms with E-state index in [0.717, 1.165) is 5.70 Å². The normalized spacial score (nSPS) is 10.8. The van der Waals surface area contributed by atoms with E-state index >= 15 is 0 Å². The Kier molecular flexibility index (Phi) is 13.8. The lowest BCUT2D eigenvalue weighted by molar-refractivity contribution is 0.0636. The Morgan fingerprint density at radius 1 is 1.55 bits per heavy atom. The van der Waals surface area contributed by atoms with E-state index in [9.17, 15) is 0 Å². The van der Waals surface area contributed by atoms with Crippen molar-refractivity contribution in [2.24, 2.45) is 10.9 Å². The van der Waals surface area contributed by atoms with Crippen LogP contribution in [0.3, 0.4) is 0 Å². The summed E-state index contributed by atoms with van der Waals surface area (Å²) in [5.41, 5.74) is 3.24. The molecule has 11 heavy (non-hydrogen) atoms. The lowest BCUT2D eigenvalue weighted by Gasteiger charge is -1.97. The standard InChI is InChI=1S/C5H11N3O.C2H6/c1-5(8-9-6)3-4-7-2;1-2/h3-4,8H,6H2,1-2H3;1-2H3/b5-3+,7-4?;. The Morgan fingerprint density at radius 3 is 2.45 bits per heavy atom. The molecule has 0 atom stereocenters. The van der Waals surface area contributed by atoms with Gasteiger partial charge in [0.05, 0.1) is 0 Å². The minimum Gasteiger partial charge on any atom is -0.296 e. The minimum absolute atomic E-state index is 0.808. The number of hydrogen-bond acceptors (Lipinski definition) is 4. The van der Waals surface area contributed by atoms with Gasteiger partial charge in [0.2, 0.25) is 0 Å². The molecule has 0 fully saturated rings. The molecule has 66 valence electrons. The van der Waals surface area contributed by atoms with Gasteiger partial charge in [0.15, 0.2) is 0 Å². The average Bonchev–Trinajstić information content (AvgIpc) is 2.05. The topological polar surface area (TPSA) is 59.6 Å². The van der Waals surface area contributed by atoms with Crippen LogP contribution < -0.4 is 11.4 Å². The van der Waals surface area contributed by atoms with Crippen LogP contribution in [-0.2, 0) is 4.94 Å². The first-order chi connectivity index (χ1) is 5.31. The Labute approximate surface area is 68.1 Å². The summed E-state index contributed by atoms with van der Waals surface area (Å²) in [6.45, 7) is 5.81. The fraction of sp³-hybridized carbons (Fsp3) is 0.571. The van der Waals surface area contributed by atoms with Crippen LogP contribution in [0.1, 0.15) is 20.8 Å². The smallest absolute Gasteiger partial charge is 0.0381 e. The van der Waals surface area contributed by atoms with Gasteiger partial charge < -0.3 is 0 Å². The predicted octanol–water partition coefficient (Wildman–Crippen LogP) is 1.01. The van der Waals surface area contributed by atoms with E-state index in [4.69, 9.17) is 5.90 Å². The molecule has 0 unspecified atom stereocenters. The molecule has 0 aliphatic heterocycles. The molecule has 0 bridgehead atoms. The molecule has 0 aromatic heterocycles. The lowest BCUT2D eigenvalue weighted by Crippen LogP contribution is -2.16. The molecule has 0 radical (unpaired) electrons. The van der Waals surface area contributed by atoms with Gasteiger partial charge in [-0.3, -0.25) is 10.5 Å². The molecular weight excluding hydrogens is 142 g/mol. The van der Waals surface area contributed by atoms with E-state index in [1.807, 2.05) is 20.8 Å². The van der Waals surface area contributed by atoms with Gasteiger partial charge in [-0.1, -0.05) is 13.8 Å². The zero-order valence-corrected chi connectivity index (χ0v) is 7.59. The minimum atomic E-state index is 0.808. The molecule has 0 spiro atoms. The summed E-state index contributed by atoms with van der Waals surface area (Å²) in [5.74, 6) is 4.70. The number of aliphatic imine (C=N–C) groups is 1. The van der Waals surface area contributed by atoms with Gasteiger partial charge in [-0.15, -0.1) is 0 Å². The summed E-state index contributed by atoms with van der Waals surface area (Å²) in [6, 6.07) is 0. The van der Waals surface area contributed by atoms with Gasteiger partial charge in [0, 0.05) is 19.0 Å². The third kappa shape index (κ3) is 12.4. The van der Waals surface area contributed by atoms with Crippen molar-refractivity contribution in [3.05, 3.63) is 11.8 Å². The third-order valence-corrected chi connectivity index (χ3v) is 0.694. The van der Waals surface area contributed by atoms with Crippen LogP contribution in [0.5, 0.6) is 0 Å². The summed E-state index contributed by atoms with van der Waals surface area (Å²) in [5, 5.41) is 0. The highest BCUT2D eigenvalue weighted by Gasteiger charge is 1.79. The number of nitrogens with one attached hydrogen (secondary N) is 1. The molecule has 0 heterocycles. The third-order valence-electron chi connectivity index (χ3n) is 0.694. The van der Waals surface area contributed by atoms with Crippen molar-refractivity contribution in [3.8, 4) is 0 Å². The molecule has 0 saturated carbocycles. The Morgan fingerprint density at radius 2 is 2.09 bits per heavy atom. The molecular formula is C7H17N3O. The molecule has 0 aromatic rings. The molecule has 3 N–H and O–H groups in total. The maximum atomic E-state index is 4.70. The van der Waals surface area contributed by atoms with Crippen molar-refractivity contribution in [2.75, 3.05) is 7.05 Å². The summed E-state index contributed by atoms with van der Waals surface area (Å²) in [6.07, 6.45) is 3.38. The average molecular weight is 159 g/mol. The van der Waals surface area contributed by atoms with Crippen molar-refractivity contribution in [2.45, 2.75) is 20.8 Å². The number of hydrogen-bond donors (Lipinski definition) is 2. The number of nitrogens with two attached hydrogens (primary N) is 1. The monoisotopic (exact) mass is 159 g/mol. The second-order valence-corrected chi connectivity index (χ2v) is 1.48. The Bertz CT molecular complexity index is 121. The molecule has 4 heteroatoms. The highest BCUT2D eigenvalue weighted by molar-refractivity contribution is 5.71. The lowest BCUT2D eigenvalue weighted by atomic mass is 10.5. The highest BCUT2D eigenvalue weighted by Crippen LogP contribution is 1.80. The van der Waals surface area contributed by atoms with E-state index in [1.54, 1.807) is 19.3 Å². The highest BCUT2D eigenvalue weighted by atomic mass is 16.8. The van der Waals surface area contributed by atoms with E-state index in [1.165, 1.54) is 0 Å². The molecule has 0 aliphatic rings. The van der Waals surface area contributed by atoms with Crippen molar-refractivity contribution < 1.29 is 4.94 Å². The van der Waals surface area contributed by atoms with Crippen molar-refractivity contribution >= 4 is 6.21 Å². The first kappa shape index (κ1) is 12.8. The molecule has 0 saturated heterocycles. The maximum absolute atomic E-state index is 4.70. The van der Waals surface area contributed by atoms with E-state index in [2.05, 4.69) is 15.4 Å². The van der Waals surface area contributed by atoms with Crippen molar-refractivity contribution in [1.29, 1.82) is 0 Å². The Hall–Kier alpha value is -0.870. The predicted molar refractivity (Wildman–Crippen MR) is 47.9 cm³/mol. The largest absolute Gasteiger partial charge is 0.296 e. The van der Waals surface area contributed by atoms with Gasteiger partial charge >= 0.3 is 0 Å². The van der Waals surface area contributed by atoms with E-state index in [0.29, 0.717) is 0 Å². The summed E-state index contributed by atoms with van der Waals surface area (Å²) in [4.78, 5) is 7.84. The number of allylic oxidation sites excluding steroid dienone is 2. The van der Waals surface area contributed by atoms with Crippen LogP contribution in [0.4, 0.5) is 0 Å². The maximum Gasteiger partial charge on any atom is 0.0381 e. The van der Waals surface area contributed by atoms with Crippen molar-refractivity contribution in [1.82, 2.24) is 5.48 Å². The van der Waals surface area contributed by atoms with Gasteiger partial charge in [0.1, 0.15) is 0 Å². The van der Waals surface area contributed by atoms with Gasteiger partial charge in [-0.05, 0) is 13.0 Å². The summed E-state index contributed by atoms with van der Waals surface area (Å²) < 4.78 is 0. The molecule has 0 aromatic carbocycles. The van der Waals surface area contributed by atoms with E-state index < -0.39 is 0 Å². The molecule has 0 aliphatic carbocycles. The van der Waals surface area contributed by atoms with Crippen molar-refractivity contribution in [3.63, 3.8) is 0 Å². The molecule has 4 nitrogen and oxygen atoms in total. The van der Waals surface area contributed by atoms with Gasteiger partial charge in [-0.25, -0.2) is 0 Å².